The van der Waals surface area contributed by atoms with Gasteiger partial charge in [-0.25, -0.2) is 4.90 Å². The number of hydrogen-bond donors (Lipinski definition) is 1. The maximum Gasteiger partial charge on any atom is 0.291 e. The molecule has 1 amide bonds. The SMILES string of the molecule is COc1nc(NCCCN2CCOCC2)nc(OC)c1N(C(C)=O)c1ccc(Oc2c(Cl)cc(C)c3c2CCC3(C)C)o1. The van der Waals surface area contributed by atoms with Crippen molar-refractivity contribution in [3.05, 3.63) is 39.9 Å². The summed E-state index contributed by atoms with van der Waals surface area (Å²) in [6, 6.07) is 5.22. The molecule has 11 nitrogen and oxygen atoms in total. The zero-order valence-electron chi connectivity index (χ0n) is 25.7. The second-order valence-corrected chi connectivity index (χ2v) is 11.8. The predicted molar refractivity (Wildman–Crippen MR) is 165 cm³/mol. The molecule has 232 valence electrons. The van der Waals surface area contributed by atoms with Crippen molar-refractivity contribution in [1.82, 2.24) is 14.9 Å². The highest BCUT2D eigenvalue weighted by Gasteiger charge is 2.35. The first-order valence-electron chi connectivity index (χ1n) is 14.6. The molecule has 1 fully saturated rings. The Morgan fingerprint density at radius 1 is 1.16 bits per heavy atom. The number of furan rings is 1. The molecule has 12 heteroatoms. The molecule has 5 rings (SSSR count). The number of nitrogens with zero attached hydrogens (tertiary/aromatic N) is 4. The summed E-state index contributed by atoms with van der Waals surface area (Å²) in [6.07, 6.45) is 2.75. The number of rotatable bonds is 11. The number of fused-ring (bicyclic) bond motifs is 1. The van der Waals surface area contributed by atoms with Gasteiger partial charge in [-0.1, -0.05) is 25.4 Å². The molecule has 1 aliphatic heterocycles. The second-order valence-electron chi connectivity index (χ2n) is 11.4. The Labute approximate surface area is 257 Å². The van der Waals surface area contributed by atoms with Gasteiger partial charge < -0.3 is 28.7 Å². The number of ether oxygens (including phenoxy) is 4. The van der Waals surface area contributed by atoms with Gasteiger partial charge in [-0.15, -0.1) is 0 Å². The molecule has 2 aromatic heterocycles. The number of methoxy groups -OCH3 is 2. The first-order valence-corrected chi connectivity index (χ1v) is 15.0. The van der Waals surface area contributed by atoms with Crippen molar-refractivity contribution in [1.29, 1.82) is 0 Å². The van der Waals surface area contributed by atoms with Crippen molar-refractivity contribution in [2.45, 2.75) is 52.4 Å². The van der Waals surface area contributed by atoms with Gasteiger partial charge in [0.25, 0.3) is 5.95 Å². The van der Waals surface area contributed by atoms with Gasteiger partial charge in [0.15, 0.2) is 11.4 Å². The maximum atomic E-state index is 13.0. The van der Waals surface area contributed by atoms with Gasteiger partial charge in [0.2, 0.25) is 29.5 Å². The number of morpholine rings is 1. The minimum Gasteiger partial charge on any atom is -0.479 e. The Bertz CT molecular complexity index is 1440. The average molecular weight is 614 g/mol. The molecule has 2 aliphatic rings. The molecule has 1 aliphatic carbocycles. The molecule has 43 heavy (non-hydrogen) atoms. The number of carbonyl (C=O) groups is 1. The number of anilines is 3. The molecule has 0 bridgehead atoms. The molecule has 1 N–H and O–H groups in total. The number of halogens is 1. The zero-order valence-corrected chi connectivity index (χ0v) is 26.5. The highest BCUT2D eigenvalue weighted by Crippen LogP contribution is 2.49. The lowest BCUT2D eigenvalue weighted by atomic mass is 9.84. The Morgan fingerprint density at radius 3 is 2.51 bits per heavy atom. The molecular formula is C31H40ClN5O6. The fourth-order valence-corrected chi connectivity index (χ4v) is 6.30. The summed E-state index contributed by atoms with van der Waals surface area (Å²) in [5, 5.41) is 3.75. The van der Waals surface area contributed by atoms with Gasteiger partial charge >= 0.3 is 0 Å². The largest absolute Gasteiger partial charge is 0.479 e. The maximum absolute atomic E-state index is 13.0. The van der Waals surface area contributed by atoms with Crippen LogP contribution in [-0.4, -0.2) is 74.4 Å². The van der Waals surface area contributed by atoms with E-state index in [0.29, 0.717) is 23.3 Å². The molecule has 0 atom stereocenters. The predicted octanol–water partition coefficient (Wildman–Crippen LogP) is 5.88. The Hall–Kier alpha value is -3.54. The fourth-order valence-electron chi connectivity index (χ4n) is 5.98. The number of amides is 1. The highest BCUT2D eigenvalue weighted by atomic mass is 35.5. The quantitative estimate of drug-likeness (QED) is 0.263. The number of nitrogens with one attached hydrogen (secondary N) is 1. The summed E-state index contributed by atoms with van der Waals surface area (Å²) in [5.74, 6) is 1.23. The van der Waals surface area contributed by atoms with Gasteiger partial charge in [-0.3, -0.25) is 9.69 Å². The van der Waals surface area contributed by atoms with Crippen molar-refractivity contribution in [2.24, 2.45) is 0 Å². The molecule has 0 spiro atoms. The molecule has 0 saturated carbocycles. The number of aryl methyl sites for hydroxylation is 1. The molecule has 3 aromatic rings. The van der Waals surface area contributed by atoms with Crippen molar-refractivity contribution in [3.8, 4) is 23.5 Å². The van der Waals surface area contributed by atoms with Crippen LogP contribution in [0, 0.1) is 6.92 Å². The summed E-state index contributed by atoms with van der Waals surface area (Å²) in [7, 11) is 2.95. The Balaban J connectivity index is 1.38. The number of aromatic nitrogens is 2. The van der Waals surface area contributed by atoms with Crippen molar-refractivity contribution < 1.29 is 28.2 Å². The minimum absolute atomic E-state index is 0.0265. The summed E-state index contributed by atoms with van der Waals surface area (Å²) >= 11 is 6.66. The summed E-state index contributed by atoms with van der Waals surface area (Å²) < 4.78 is 28.9. The lowest BCUT2D eigenvalue weighted by Crippen LogP contribution is -2.37. The van der Waals surface area contributed by atoms with Crippen molar-refractivity contribution in [2.75, 3.05) is 63.8 Å². The molecule has 3 heterocycles. The van der Waals surface area contributed by atoms with Crippen LogP contribution in [0.1, 0.15) is 50.3 Å². The topological polar surface area (TPSA) is 111 Å². The standard InChI is InChI=1S/C31H40ClN5O6/c1-19-18-22(32)27(21-10-11-31(3,4)25(19)21)43-24-9-8-23(42-24)37(20(2)38)26-28(39-5)34-30(35-29(26)40-6)33-12-7-13-36-14-16-41-17-15-36/h8-9,18H,7,10-17H2,1-6H3,(H,33,34,35). The van der Waals surface area contributed by atoms with E-state index in [1.165, 1.54) is 31.6 Å². The van der Waals surface area contributed by atoms with E-state index in [2.05, 4.69) is 41.0 Å². The van der Waals surface area contributed by atoms with E-state index in [0.717, 1.165) is 63.2 Å². The average Bonchev–Trinajstić information content (AvgIpc) is 3.57. The number of benzene rings is 1. The van der Waals surface area contributed by atoms with Gasteiger partial charge in [-0.2, -0.15) is 9.97 Å². The van der Waals surface area contributed by atoms with Crippen LogP contribution in [0.25, 0.3) is 0 Å². The van der Waals surface area contributed by atoms with Gasteiger partial charge in [0, 0.05) is 44.3 Å². The van der Waals surface area contributed by atoms with E-state index >= 15 is 0 Å². The van der Waals surface area contributed by atoms with Crippen LogP contribution in [0.3, 0.4) is 0 Å². The molecule has 1 saturated heterocycles. The minimum atomic E-state index is -0.358. The smallest absolute Gasteiger partial charge is 0.291 e. The van der Waals surface area contributed by atoms with Crippen LogP contribution in [0.2, 0.25) is 5.02 Å². The monoisotopic (exact) mass is 613 g/mol. The van der Waals surface area contributed by atoms with Crippen LogP contribution in [0.15, 0.2) is 22.6 Å². The van der Waals surface area contributed by atoms with E-state index in [-0.39, 0.29) is 40.6 Å². The van der Waals surface area contributed by atoms with Crippen LogP contribution in [-0.2, 0) is 21.4 Å². The summed E-state index contributed by atoms with van der Waals surface area (Å²) in [5.41, 5.74) is 3.73. The van der Waals surface area contributed by atoms with E-state index in [1.54, 1.807) is 12.1 Å². The van der Waals surface area contributed by atoms with E-state index in [4.69, 9.17) is 35.0 Å². The number of carbonyl (C=O) groups excluding carboxylic acids is 1. The lowest BCUT2D eigenvalue weighted by molar-refractivity contribution is -0.116. The van der Waals surface area contributed by atoms with Crippen molar-refractivity contribution in [3.63, 3.8) is 0 Å². The number of hydrogen-bond acceptors (Lipinski definition) is 10. The fraction of sp³-hybridized carbons (Fsp3) is 0.516. The van der Waals surface area contributed by atoms with Gasteiger partial charge in [0.1, 0.15) is 0 Å². The third kappa shape index (κ3) is 6.53. The van der Waals surface area contributed by atoms with Crippen LogP contribution < -0.4 is 24.4 Å². The third-order valence-electron chi connectivity index (χ3n) is 7.98. The van der Waals surface area contributed by atoms with Crippen LogP contribution in [0.4, 0.5) is 17.5 Å². The Kier molecular flexibility index (Phi) is 9.33. The van der Waals surface area contributed by atoms with Crippen LogP contribution in [0.5, 0.6) is 23.5 Å². The lowest BCUT2D eigenvalue weighted by Gasteiger charge is -2.26. The molecule has 0 radical (unpaired) electrons. The van der Waals surface area contributed by atoms with Gasteiger partial charge in [-0.05, 0) is 55.3 Å². The zero-order chi connectivity index (χ0) is 30.7. The Morgan fingerprint density at radius 2 is 1.86 bits per heavy atom. The van der Waals surface area contributed by atoms with E-state index in [1.807, 2.05) is 6.07 Å². The summed E-state index contributed by atoms with van der Waals surface area (Å²) in [4.78, 5) is 25.7. The third-order valence-corrected chi connectivity index (χ3v) is 8.26. The van der Waals surface area contributed by atoms with E-state index in [9.17, 15) is 4.79 Å². The molecular weight excluding hydrogens is 574 g/mol. The normalized spacial score (nSPS) is 16.1. The second kappa shape index (κ2) is 13.0. The highest BCUT2D eigenvalue weighted by molar-refractivity contribution is 6.32. The van der Waals surface area contributed by atoms with E-state index < -0.39 is 0 Å². The first-order chi connectivity index (χ1) is 20.6. The first kappa shape index (κ1) is 30.9. The van der Waals surface area contributed by atoms with Crippen molar-refractivity contribution >= 4 is 35.0 Å². The molecule has 0 unspecified atom stereocenters. The summed E-state index contributed by atoms with van der Waals surface area (Å²) in [6.45, 7) is 12.9. The van der Waals surface area contributed by atoms with Gasteiger partial charge in [0.05, 0.1) is 32.5 Å². The molecule has 1 aromatic carbocycles. The van der Waals surface area contributed by atoms with Crippen LogP contribution >= 0.6 is 11.6 Å².